The molecule has 2 heteroatoms. The molecule has 0 saturated carbocycles. The molecule has 1 aliphatic carbocycles. The Balaban J connectivity index is 1.98. The van der Waals surface area contributed by atoms with Crippen molar-refractivity contribution in [2.45, 2.75) is 31.1 Å². The molecule has 0 radical (unpaired) electrons. The van der Waals surface area contributed by atoms with Crippen LogP contribution in [0.25, 0.3) is 0 Å². The SMILES string of the molecule is ClCC1(Cc2ccc(Br)cc2)CCCc2ccccc21. The van der Waals surface area contributed by atoms with Crippen molar-refractivity contribution in [2.75, 3.05) is 5.88 Å². The number of aryl methyl sites for hydroxylation is 1. The van der Waals surface area contributed by atoms with Crippen LogP contribution in [0.2, 0.25) is 0 Å². The summed E-state index contributed by atoms with van der Waals surface area (Å²) in [5.74, 6) is 0.695. The van der Waals surface area contributed by atoms with Gasteiger partial charge >= 0.3 is 0 Å². The monoisotopic (exact) mass is 348 g/mol. The van der Waals surface area contributed by atoms with E-state index in [9.17, 15) is 0 Å². The predicted molar refractivity (Wildman–Crippen MR) is 89.6 cm³/mol. The third-order valence-corrected chi connectivity index (χ3v) is 5.44. The first kappa shape index (κ1) is 14.2. The zero-order valence-electron chi connectivity index (χ0n) is 11.4. The lowest BCUT2D eigenvalue weighted by Gasteiger charge is -2.38. The molecular formula is C18H18BrCl. The Morgan fingerprint density at radius 3 is 2.55 bits per heavy atom. The van der Waals surface area contributed by atoms with E-state index in [0.717, 1.165) is 10.9 Å². The van der Waals surface area contributed by atoms with Crippen molar-refractivity contribution < 1.29 is 0 Å². The first-order chi connectivity index (χ1) is 9.73. The summed E-state index contributed by atoms with van der Waals surface area (Å²) in [5, 5.41) is 0. The van der Waals surface area contributed by atoms with Crippen molar-refractivity contribution in [3.63, 3.8) is 0 Å². The minimum Gasteiger partial charge on any atom is -0.126 e. The summed E-state index contributed by atoms with van der Waals surface area (Å²) in [6.07, 6.45) is 4.64. The quantitative estimate of drug-likeness (QED) is 0.641. The van der Waals surface area contributed by atoms with Gasteiger partial charge in [0.15, 0.2) is 0 Å². The van der Waals surface area contributed by atoms with Crippen molar-refractivity contribution in [1.82, 2.24) is 0 Å². The van der Waals surface area contributed by atoms with Crippen LogP contribution in [-0.2, 0) is 18.3 Å². The van der Waals surface area contributed by atoms with Crippen LogP contribution >= 0.6 is 27.5 Å². The highest BCUT2D eigenvalue weighted by molar-refractivity contribution is 9.10. The van der Waals surface area contributed by atoms with Crippen LogP contribution < -0.4 is 0 Å². The van der Waals surface area contributed by atoms with Crippen molar-refractivity contribution >= 4 is 27.5 Å². The van der Waals surface area contributed by atoms with Crippen LogP contribution in [0, 0.1) is 0 Å². The minimum atomic E-state index is 0.101. The maximum atomic E-state index is 6.44. The number of hydrogen-bond acceptors (Lipinski definition) is 0. The lowest BCUT2D eigenvalue weighted by atomic mass is 9.68. The van der Waals surface area contributed by atoms with Gasteiger partial charge in [0.05, 0.1) is 0 Å². The van der Waals surface area contributed by atoms with Crippen LogP contribution in [-0.4, -0.2) is 5.88 Å². The summed E-state index contributed by atoms with van der Waals surface area (Å²) < 4.78 is 1.13. The van der Waals surface area contributed by atoms with Crippen molar-refractivity contribution in [1.29, 1.82) is 0 Å². The fourth-order valence-corrected chi connectivity index (χ4v) is 4.01. The highest BCUT2D eigenvalue weighted by Gasteiger charge is 2.35. The third kappa shape index (κ3) is 2.66. The molecule has 3 rings (SSSR count). The fourth-order valence-electron chi connectivity index (χ4n) is 3.37. The molecule has 0 bridgehead atoms. The summed E-state index contributed by atoms with van der Waals surface area (Å²) >= 11 is 9.94. The highest BCUT2D eigenvalue weighted by Crippen LogP contribution is 2.41. The largest absolute Gasteiger partial charge is 0.126 e. The molecule has 0 aliphatic heterocycles. The maximum absolute atomic E-state index is 6.44. The number of alkyl halides is 1. The first-order valence-corrected chi connectivity index (χ1v) is 8.45. The number of halogens is 2. The molecule has 1 unspecified atom stereocenters. The Labute approximate surface area is 134 Å². The summed E-state index contributed by atoms with van der Waals surface area (Å²) in [5.41, 5.74) is 4.41. The van der Waals surface area contributed by atoms with Crippen LogP contribution in [0.1, 0.15) is 29.5 Å². The van der Waals surface area contributed by atoms with E-state index in [1.54, 1.807) is 0 Å². The van der Waals surface area contributed by atoms with Gasteiger partial charge in [0.2, 0.25) is 0 Å². The van der Waals surface area contributed by atoms with Gasteiger partial charge in [-0.2, -0.15) is 0 Å². The summed E-state index contributed by atoms with van der Waals surface area (Å²) in [4.78, 5) is 0. The van der Waals surface area contributed by atoms with Crippen LogP contribution in [0.4, 0.5) is 0 Å². The third-order valence-electron chi connectivity index (χ3n) is 4.40. The molecule has 0 spiro atoms. The van der Waals surface area contributed by atoms with E-state index in [1.165, 1.54) is 36.0 Å². The lowest BCUT2D eigenvalue weighted by Crippen LogP contribution is -2.35. The van der Waals surface area contributed by atoms with Gasteiger partial charge in [-0.15, -0.1) is 11.6 Å². The number of rotatable bonds is 3. The van der Waals surface area contributed by atoms with Gasteiger partial charge < -0.3 is 0 Å². The summed E-state index contributed by atoms with van der Waals surface area (Å²) in [6.45, 7) is 0. The molecule has 0 N–H and O–H groups in total. The van der Waals surface area contributed by atoms with Crippen LogP contribution in [0.15, 0.2) is 53.0 Å². The molecular weight excluding hydrogens is 332 g/mol. The molecule has 0 heterocycles. The smallest absolute Gasteiger partial charge is 0.0323 e. The fraction of sp³-hybridized carbons (Fsp3) is 0.333. The van der Waals surface area contributed by atoms with Crippen LogP contribution in [0.3, 0.4) is 0 Å². The Morgan fingerprint density at radius 1 is 1.05 bits per heavy atom. The zero-order chi connectivity index (χ0) is 14.0. The minimum absolute atomic E-state index is 0.101. The van der Waals surface area contributed by atoms with Crippen molar-refractivity contribution in [3.05, 3.63) is 69.7 Å². The molecule has 0 amide bonds. The molecule has 0 saturated heterocycles. The van der Waals surface area contributed by atoms with E-state index in [0.29, 0.717) is 5.88 Å². The van der Waals surface area contributed by atoms with Crippen molar-refractivity contribution in [3.8, 4) is 0 Å². The van der Waals surface area contributed by atoms with Crippen molar-refractivity contribution in [2.24, 2.45) is 0 Å². The van der Waals surface area contributed by atoms with Gasteiger partial charge in [-0.05, 0) is 54.5 Å². The molecule has 2 aromatic rings. The second kappa shape index (κ2) is 5.91. The molecule has 1 aliphatic rings. The summed E-state index contributed by atoms with van der Waals surface area (Å²) in [7, 11) is 0. The normalized spacial score (nSPS) is 21.5. The Hall–Kier alpha value is -0.790. The number of fused-ring (bicyclic) bond motifs is 1. The second-order valence-electron chi connectivity index (χ2n) is 5.73. The maximum Gasteiger partial charge on any atom is 0.0323 e. The van der Waals surface area contributed by atoms with Crippen LogP contribution in [0.5, 0.6) is 0 Å². The van der Waals surface area contributed by atoms with Gasteiger partial charge in [-0.3, -0.25) is 0 Å². The van der Waals surface area contributed by atoms with E-state index >= 15 is 0 Å². The predicted octanol–water partition coefficient (Wildman–Crippen LogP) is 5.50. The van der Waals surface area contributed by atoms with Gasteiger partial charge in [-0.25, -0.2) is 0 Å². The summed E-state index contributed by atoms with van der Waals surface area (Å²) in [6, 6.07) is 17.5. The van der Waals surface area contributed by atoms with E-state index in [4.69, 9.17) is 11.6 Å². The molecule has 20 heavy (non-hydrogen) atoms. The standard InChI is InChI=1S/C18H18BrCl/c19-16-9-7-14(8-10-16)12-18(13-20)11-3-5-15-4-1-2-6-17(15)18/h1-2,4,6-10H,3,5,11-13H2. The van der Waals surface area contributed by atoms with Gasteiger partial charge in [-0.1, -0.05) is 52.3 Å². The Kier molecular flexibility index (Phi) is 4.18. The molecule has 1 atom stereocenters. The van der Waals surface area contributed by atoms with E-state index in [-0.39, 0.29) is 5.41 Å². The molecule has 104 valence electrons. The molecule has 2 aromatic carbocycles. The Morgan fingerprint density at radius 2 is 1.80 bits per heavy atom. The zero-order valence-corrected chi connectivity index (χ0v) is 13.8. The molecule has 0 aromatic heterocycles. The first-order valence-electron chi connectivity index (χ1n) is 7.12. The topological polar surface area (TPSA) is 0 Å². The molecule has 0 fully saturated rings. The highest BCUT2D eigenvalue weighted by atomic mass is 79.9. The molecule has 0 nitrogen and oxygen atoms in total. The van der Waals surface area contributed by atoms with E-state index < -0.39 is 0 Å². The second-order valence-corrected chi connectivity index (χ2v) is 6.91. The van der Waals surface area contributed by atoms with Gasteiger partial charge in [0, 0.05) is 15.8 Å². The lowest BCUT2D eigenvalue weighted by molar-refractivity contribution is 0.396. The average Bonchev–Trinajstić information content (AvgIpc) is 2.50. The van der Waals surface area contributed by atoms with E-state index in [2.05, 4.69) is 64.5 Å². The Bertz CT molecular complexity index is 591. The van der Waals surface area contributed by atoms with Gasteiger partial charge in [0.1, 0.15) is 0 Å². The number of hydrogen-bond donors (Lipinski definition) is 0. The van der Waals surface area contributed by atoms with Gasteiger partial charge in [0.25, 0.3) is 0 Å². The average molecular weight is 350 g/mol. The number of benzene rings is 2. The van der Waals surface area contributed by atoms with E-state index in [1.807, 2.05) is 0 Å².